The van der Waals surface area contributed by atoms with Crippen molar-refractivity contribution in [1.82, 2.24) is 14.5 Å². The molecule has 142 valence electrons. The van der Waals surface area contributed by atoms with Crippen molar-refractivity contribution in [2.45, 2.75) is 57.8 Å². The normalized spacial score (nSPS) is 30.3. The van der Waals surface area contributed by atoms with Gasteiger partial charge >= 0.3 is 0 Å². The molecule has 0 spiro atoms. The van der Waals surface area contributed by atoms with E-state index in [1.54, 1.807) is 0 Å². The van der Waals surface area contributed by atoms with E-state index < -0.39 is 16.1 Å². The fourth-order valence-corrected chi connectivity index (χ4v) is 4.28. The molecule has 0 aromatic carbocycles. The second-order valence-electron chi connectivity index (χ2n) is 7.13. The molecule has 3 rings (SSSR count). The first-order chi connectivity index (χ1) is 11.8. The number of hydrogen-bond donors (Lipinski definition) is 0. The lowest BCUT2D eigenvalue weighted by Gasteiger charge is -2.29. The highest BCUT2D eigenvalue weighted by Gasteiger charge is 2.32. The van der Waals surface area contributed by atoms with Gasteiger partial charge in [0, 0.05) is 13.1 Å². The fraction of sp³-hybridized carbons (Fsp3) is 0.875. The number of hydrogen-bond acceptors (Lipinski definition) is 7. The zero-order valence-electron chi connectivity index (χ0n) is 15.1. The lowest BCUT2D eigenvalue weighted by atomic mass is 9.88. The Labute approximate surface area is 148 Å². The maximum absolute atomic E-state index is 11.7. The van der Waals surface area contributed by atoms with Crippen LogP contribution in [-0.4, -0.2) is 55.0 Å². The number of ether oxygens (including phenoxy) is 2. The van der Waals surface area contributed by atoms with Gasteiger partial charge in [-0.15, -0.1) is 10.2 Å². The van der Waals surface area contributed by atoms with E-state index in [0.717, 1.165) is 12.8 Å². The molecule has 1 saturated heterocycles. The van der Waals surface area contributed by atoms with E-state index in [2.05, 4.69) is 17.1 Å². The van der Waals surface area contributed by atoms with Gasteiger partial charge in [0.05, 0.1) is 19.0 Å². The average Bonchev–Trinajstić information content (AvgIpc) is 3.04. The summed E-state index contributed by atoms with van der Waals surface area (Å²) in [5, 5.41) is 8.12. The quantitative estimate of drug-likeness (QED) is 0.779. The van der Waals surface area contributed by atoms with Gasteiger partial charge in [0.1, 0.15) is 12.2 Å². The van der Waals surface area contributed by atoms with Gasteiger partial charge in [0.25, 0.3) is 0 Å². The minimum Gasteiger partial charge on any atom is -0.420 e. The van der Waals surface area contributed by atoms with Crippen molar-refractivity contribution < 1.29 is 22.3 Å². The fourth-order valence-electron chi connectivity index (χ4n) is 3.47. The lowest BCUT2D eigenvalue weighted by Crippen LogP contribution is -2.41. The van der Waals surface area contributed by atoms with E-state index in [1.807, 2.05) is 6.92 Å². The Hall–Kier alpha value is -1.03. The molecule has 9 heteroatoms. The Bertz CT molecular complexity index is 677. The van der Waals surface area contributed by atoms with Crippen molar-refractivity contribution in [3.05, 3.63) is 11.8 Å². The largest absolute Gasteiger partial charge is 0.420 e. The molecule has 1 saturated carbocycles. The van der Waals surface area contributed by atoms with E-state index in [1.165, 1.54) is 23.4 Å². The maximum atomic E-state index is 11.7. The summed E-state index contributed by atoms with van der Waals surface area (Å²) in [7, 11) is -3.26. The molecule has 0 bridgehead atoms. The smallest absolute Gasteiger partial charge is 0.246 e. The molecule has 0 N–H and O–H groups in total. The van der Waals surface area contributed by atoms with Crippen LogP contribution >= 0.6 is 0 Å². The summed E-state index contributed by atoms with van der Waals surface area (Å²) in [5.74, 6) is 1.39. The van der Waals surface area contributed by atoms with Crippen molar-refractivity contribution in [3.8, 4) is 0 Å². The van der Waals surface area contributed by atoms with Crippen molar-refractivity contribution in [1.29, 1.82) is 0 Å². The van der Waals surface area contributed by atoms with Crippen LogP contribution in [0.4, 0.5) is 0 Å². The zero-order chi connectivity index (χ0) is 18.0. The monoisotopic (exact) mass is 373 g/mol. The van der Waals surface area contributed by atoms with E-state index in [9.17, 15) is 8.42 Å². The third kappa shape index (κ3) is 4.78. The minimum atomic E-state index is -3.26. The molecule has 1 aliphatic heterocycles. The average molecular weight is 373 g/mol. The van der Waals surface area contributed by atoms with Crippen LogP contribution in [0.15, 0.2) is 4.42 Å². The van der Waals surface area contributed by atoms with Crippen LogP contribution < -0.4 is 0 Å². The number of morpholine rings is 1. The van der Waals surface area contributed by atoms with Gasteiger partial charge in [-0.2, -0.15) is 4.31 Å². The molecule has 4 unspecified atom stereocenters. The first kappa shape index (κ1) is 18.8. The molecular weight excluding hydrogens is 346 g/mol. The van der Waals surface area contributed by atoms with E-state index >= 15 is 0 Å². The minimum absolute atomic E-state index is 0.190. The molecule has 0 amide bonds. The first-order valence-electron chi connectivity index (χ1n) is 8.88. The van der Waals surface area contributed by atoms with Gasteiger partial charge in [-0.05, 0) is 25.7 Å². The van der Waals surface area contributed by atoms with Crippen LogP contribution in [0.5, 0.6) is 0 Å². The second-order valence-corrected chi connectivity index (χ2v) is 9.11. The van der Waals surface area contributed by atoms with Crippen LogP contribution in [0.25, 0.3) is 0 Å². The molecule has 2 heterocycles. The van der Waals surface area contributed by atoms with E-state index in [4.69, 9.17) is 13.9 Å². The molecule has 2 fully saturated rings. The molecule has 1 aromatic heterocycles. The Morgan fingerprint density at radius 1 is 1.32 bits per heavy atom. The molecule has 4 atom stereocenters. The molecular formula is C16H27N3O5S. The summed E-state index contributed by atoms with van der Waals surface area (Å²) in [5.41, 5.74) is 0. The summed E-state index contributed by atoms with van der Waals surface area (Å²) in [4.78, 5) is 0. The third-order valence-electron chi connectivity index (χ3n) is 4.86. The van der Waals surface area contributed by atoms with Crippen molar-refractivity contribution in [2.24, 2.45) is 5.92 Å². The number of sulfonamides is 1. The van der Waals surface area contributed by atoms with Crippen LogP contribution in [0, 0.1) is 5.92 Å². The zero-order valence-corrected chi connectivity index (χ0v) is 15.9. The molecule has 25 heavy (non-hydrogen) atoms. The van der Waals surface area contributed by atoms with Crippen molar-refractivity contribution in [3.63, 3.8) is 0 Å². The predicted octanol–water partition coefficient (Wildman–Crippen LogP) is 2.06. The standard InChI is InChI=1S/C16H27N3O5S/c1-11-5-4-6-13(9-11)23-12(2)15-17-18-16(24-15)14-10-19(7-8-22-14)25(3,20)21/h11-14H,4-10H2,1-3H3. The second kappa shape index (κ2) is 7.69. The van der Waals surface area contributed by atoms with Gasteiger partial charge in [-0.25, -0.2) is 8.42 Å². The van der Waals surface area contributed by atoms with Gasteiger partial charge in [0.15, 0.2) is 0 Å². The molecule has 2 aliphatic rings. The van der Waals surface area contributed by atoms with Gasteiger partial charge < -0.3 is 13.9 Å². The predicted molar refractivity (Wildman–Crippen MR) is 90.3 cm³/mol. The maximum Gasteiger partial charge on any atom is 0.246 e. The van der Waals surface area contributed by atoms with Crippen LogP contribution in [0.2, 0.25) is 0 Å². The Balaban J connectivity index is 1.61. The van der Waals surface area contributed by atoms with Gasteiger partial charge in [-0.3, -0.25) is 0 Å². The van der Waals surface area contributed by atoms with Crippen LogP contribution in [0.1, 0.15) is 63.5 Å². The summed E-state index contributed by atoms with van der Waals surface area (Å²) in [6.07, 6.45) is 5.15. The molecule has 1 aliphatic carbocycles. The first-order valence-corrected chi connectivity index (χ1v) is 10.7. The van der Waals surface area contributed by atoms with Gasteiger partial charge in [0.2, 0.25) is 21.8 Å². The summed E-state index contributed by atoms with van der Waals surface area (Å²) < 4.78 is 42.2. The highest BCUT2D eigenvalue weighted by Crippen LogP contribution is 2.30. The lowest BCUT2D eigenvalue weighted by molar-refractivity contribution is -0.0469. The Morgan fingerprint density at radius 2 is 2.12 bits per heavy atom. The highest BCUT2D eigenvalue weighted by molar-refractivity contribution is 7.88. The van der Waals surface area contributed by atoms with E-state index in [0.29, 0.717) is 30.9 Å². The summed E-state index contributed by atoms with van der Waals surface area (Å²) >= 11 is 0. The molecule has 1 aromatic rings. The number of aromatic nitrogens is 2. The van der Waals surface area contributed by atoms with Gasteiger partial charge in [-0.1, -0.05) is 19.8 Å². The Kier molecular flexibility index (Phi) is 5.77. The van der Waals surface area contributed by atoms with Crippen molar-refractivity contribution >= 4 is 10.0 Å². The number of nitrogens with zero attached hydrogens (tertiary/aromatic N) is 3. The molecule has 8 nitrogen and oxygen atoms in total. The van der Waals surface area contributed by atoms with Crippen LogP contribution in [0.3, 0.4) is 0 Å². The van der Waals surface area contributed by atoms with E-state index in [-0.39, 0.29) is 18.8 Å². The van der Waals surface area contributed by atoms with Crippen LogP contribution in [-0.2, 0) is 19.5 Å². The SMILES string of the molecule is CC1CCCC(OC(C)c2nnc(C3CN(S(C)(=O)=O)CCO3)o2)C1. The molecule has 0 radical (unpaired) electrons. The third-order valence-corrected chi connectivity index (χ3v) is 6.13. The summed E-state index contributed by atoms with van der Waals surface area (Å²) in [6, 6.07) is 0. The summed E-state index contributed by atoms with van der Waals surface area (Å²) in [6.45, 7) is 4.99. The number of rotatable bonds is 5. The topological polar surface area (TPSA) is 94.8 Å². The highest BCUT2D eigenvalue weighted by atomic mass is 32.2. The Morgan fingerprint density at radius 3 is 2.84 bits per heavy atom. The van der Waals surface area contributed by atoms with Crippen molar-refractivity contribution in [2.75, 3.05) is 26.0 Å².